The van der Waals surface area contributed by atoms with Crippen LogP contribution in [0.1, 0.15) is 5.82 Å². The van der Waals surface area contributed by atoms with Crippen LogP contribution in [-0.4, -0.2) is 46.4 Å². The van der Waals surface area contributed by atoms with Crippen LogP contribution in [0.3, 0.4) is 0 Å². The van der Waals surface area contributed by atoms with E-state index in [1.165, 1.54) is 4.57 Å². The van der Waals surface area contributed by atoms with Gasteiger partial charge in [-0.2, -0.15) is 14.5 Å². The van der Waals surface area contributed by atoms with Crippen LogP contribution in [0.5, 0.6) is 5.75 Å². The highest BCUT2D eigenvalue weighted by molar-refractivity contribution is 7.71. The van der Waals surface area contributed by atoms with E-state index in [0.717, 1.165) is 5.56 Å². The normalized spacial score (nSPS) is 11.4. The molecule has 0 aliphatic rings. The third-order valence-electron chi connectivity index (χ3n) is 4.52. The molecule has 0 atom stereocenters. The van der Waals surface area contributed by atoms with Crippen molar-refractivity contribution in [3.63, 3.8) is 0 Å². The van der Waals surface area contributed by atoms with Gasteiger partial charge in [0.1, 0.15) is 11.6 Å². The Kier molecular flexibility index (Phi) is 3.77. The molecule has 0 aliphatic heterocycles. The second kappa shape index (κ2) is 6.34. The van der Waals surface area contributed by atoms with Gasteiger partial charge in [-0.1, -0.05) is 0 Å². The number of nitrogens with one attached hydrogen (secondary N) is 2. The first-order chi connectivity index (χ1) is 14.0. The third-order valence-corrected chi connectivity index (χ3v) is 4.71. The molecule has 29 heavy (non-hydrogen) atoms. The fourth-order valence-electron chi connectivity index (χ4n) is 3.24. The first-order valence-corrected chi connectivity index (χ1v) is 9.04. The highest BCUT2D eigenvalue weighted by Gasteiger charge is 2.19. The first kappa shape index (κ1) is 17.3. The molecule has 0 amide bonds. The molecule has 0 radical (unpaired) electrons. The van der Waals surface area contributed by atoms with Crippen molar-refractivity contribution < 1.29 is 4.74 Å². The smallest absolute Gasteiger partial charge is 0.269 e. The Morgan fingerprint density at radius 1 is 1.07 bits per heavy atom. The van der Waals surface area contributed by atoms with E-state index in [2.05, 4.69) is 30.2 Å². The Labute approximate surface area is 167 Å². The molecule has 4 aromatic heterocycles. The fraction of sp³-hybridized carbons (Fsp3) is 0.111. The van der Waals surface area contributed by atoms with Gasteiger partial charge in [0.2, 0.25) is 10.7 Å². The number of hydrogen-bond donors (Lipinski definition) is 2. The van der Waals surface area contributed by atoms with Gasteiger partial charge in [-0.05, 0) is 49.5 Å². The SMILES string of the molecule is COc1ccc(-c2c3c(=O)n(-c4nc(=S)[nH][nH]4)ccc3nc3nc(C)nn23)cc1. The Bertz CT molecular complexity index is 1490. The van der Waals surface area contributed by atoms with Crippen molar-refractivity contribution in [2.24, 2.45) is 0 Å². The number of hydrogen-bond acceptors (Lipinski definition) is 7. The lowest BCUT2D eigenvalue weighted by Gasteiger charge is -2.10. The molecular weight excluding hydrogens is 392 g/mol. The van der Waals surface area contributed by atoms with Gasteiger partial charge in [-0.25, -0.2) is 4.98 Å². The van der Waals surface area contributed by atoms with E-state index in [1.54, 1.807) is 30.8 Å². The number of H-pyrrole nitrogens is 2. The zero-order valence-electron chi connectivity index (χ0n) is 15.4. The first-order valence-electron chi connectivity index (χ1n) is 8.63. The number of rotatable bonds is 3. The standard InChI is InChI=1S/C18H14N8O2S/c1-9-19-16-20-12-7-8-25(17-21-18(29)23-22-17)15(27)13(12)14(26(16)24-9)10-3-5-11(28-2)6-4-10/h3-8H,1-2H3,(H2,21,22,23,29). The second-order valence-electron chi connectivity index (χ2n) is 6.30. The van der Waals surface area contributed by atoms with Crippen molar-refractivity contribution >= 4 is 28.9 Å². The van der Waals surface area contributed by atoms with Gasteiger partial charge < -0.3 is 4.74 Å². The number of aromatic amines is 2. The van der Waals surface area contributed by atoms with Crippen LogP contribution in [0.4, 0.5) is 0 Å². The zero-order chi connectivity index (χ0) is 20.1. The molecule has 0 spiro atoms. The monoisotopic (exact) mass is 406 g/mol. The molecule has 10 nitrogen and oxygen atoms in total. The average Bonchev–Trinajstić information content (AvgIpc) is 3.31. The van der Waals surface area contributed by atoms with Crippen molar-refractivity contribution in [1.29, 1.82) is 0 Å². The van der Waals surface area contributed by atoms with Crippen molar-refractivity contribution in [1.82, 2.24) is 39.3 Å². The number of ether oxygens (including phenoxy) is 1. The number of fused-ring (bicyclic) bond motifs is 2. The maximum atomic E-state index is 13.4. The van der Waals surface area contributed by atoms with Crippen LogP contribution in [0, 0.1) is 11.7 Å². The molecular formula is C18H14N8O2S. The van der Waals surface area contributed by atoms with Gasteiger partial charge in [0.05, 0.1) is 23.7 Å². The molecule has 11 heteroatoms. The van der Waals surface area contributed by atoms with E-state index in [4.69, 9.17) is 17.0 Å². The van der Waals surface area contributed by atoms with E-state index in [9.17, 15) is 4.79 Å². The number of aryl methyl sites for hydroxylation is 1. The molecule has 5 aromatic rings. The summed E-state index contributed by atoms with van der Waals surface area (Å²) in [5.41, 5.74) is 1.55. The van der Waals surface area contributed by atoms with Crippen molar-refractivity contribution in [2.45, 2.75) is 6.92 Å². The van der Waals surface area contributed by atoms with Crippen LogP contribution in [0.2, 0.25) is 0 Å². The summed E-state index contributed by atoms with van der Waals surface area (Å²) in [6.07, 6.45) is 1.59. The zero-order valence-corrected chi connectivity index (χ0v) is 16.2. The van der Waals surface area contributed by atoms with E-state index >= 15 is 0 Å². The maximum absolute atomic E-state index is 13.4. The Balaban J connectivity index is 1.91. The predicted molar refractivity (Wildman–Crippen MR) is 108 cm³/mol. The van der Waals surface area contributed by atoms with Gasteiger partial charge in [-0.15, -0.1) is 5.10 Å². The van der Waals surface area contributed by atoms with Crippen molar-refractivity contribution in [3.05, 3.63) is 57.5 Å². The lowest BCUT2D eigenvalue weighted by atomic mass is 10.1. The molecule has 0 saturated carbocycles. The van der Waals surface area contributed by atoms with Crippen LogP contribution in [0.15, 0.2) is 41.3 Å². The lowest BCUT2D eigenvalue weighted by molar-refractivity contribution is 0.415. The van der Waals surface area contributed by atoms with Crippen molar-refractivity contribution in [3.8, 4) is 23.0 Å². The van der Waals surface area contributed by atoms with Crippen LogP contribution in [0.25, 0.3) is 33.9 Å². The summed E-state index contributed by atoms with van der Waals surface area (Å²) in [5.74, 6) is 1.97. The minimum absolute atomic E-state index is 0.253. The third kappa shape index (κ3) is 2.70. The highest BCUT2D eigenvalue weighted by Crippen LogP contribution is 2.28. The van der Waals surface area contributed by atoms with E-state index < -0.39 is 0 Å². The van der Waals surface area contributed by atoms with Gasteiger partial charge in [0.15, 0.2) is 0 Å². The Morgan fingerprint density at radius 3 is 2.55 bits per heavy atom. The Hall–Kier alpha value is -3.86. The summed E-state index contributed by atoms with van der Waals surface area (Å²) in [6, 6.07) is 9.11. The molecule has 1 aromatic carbocycles. The fourth-order valence-corrected chi connectivity index (χ4v) is 3.38. The molecule has 2 N–H and O–H groups in total. The molecule has 0 saturated heterocycles. The number of aromatic nitrogens is 8. The quantitative estimate of drug-likeness (QED) is 0.441. The van der Waals surface area contributed by atoms with Crippen LogP contribution in [-0.2, 0) is 0 Å². The maximum Gasteiger partial charge on any atom is 0.269 e. The number of nitrogens with zero attached hydrogens (tertiary/aromatic N) is 6. The van der Waals surface area contributed by atoms with Crippen LogP contribution < -0.4 is 10.3 Å². The minimum atomic E-state index is -0.311. The molecule has 0 fully saturated rings. The van der Waals surface area contributed by atoms with E-state index in [-0.39, 0.29) is 16.3 Å². The molecule has 0 aliphatic carbocycles. The number of pyridine rings is 1. The summed E-state index contributed by atoms with van der Waals surface area (Å²) in [6.45, 7) is 1.78. The van der Waals surface area contributed by atoms with Crippen LogP contribution >= 0.6 is 12.2 Å². The van der Waals surface area contributed by atoms with Gasteiger partial charge in [-0.3, -0.25) is 19.6 Å². The molecule has 0 bridgehead atoms. The predicted octanol–water partition coefficient (Wildman–Crippen LogP) is 2.19. The van der Waals surface area contributed by atoms with Crippen molar-refractivity contribution in [2.75, 3.05) is 7.11 Å². The lowest BCUT2D eigenvalue weighted by Crippen LogP contribution is -2.21. The molecule has 0 unspecified atom stereocenters. The summed E-state index contributed by atoms with van der Waals surface area (Å²) in [4.78, 5) is 26.4. The highest BCUT2D eigenvalue weighted by atomic mass is 32.1. The molecule has 5 rings (SSSR count). The molecule has 4 heterocycles. The minimum Gasteiger partial charge on any atom is -0.497 e. The molecule has 144 valence electrons. The van der Waals surface area contributed by atoms with Gasteiger partial charge in [0.25, 0.3) is 11.3 Å². The Morgan fingerprint density at radius 2 is 1.86 bits per heavy atom. The summed E-state index contributed by atoms with van der Waals surface area (Å²) in [5, 5.41) is 10.3. The largest absolute Gasteiger partial charge is 0.497 e. The summed E-state index contributed by atoms with van der Waals surface area (Å²) >= 11 is 5.00. The average molecular weight is 406 g/mol. The number of methoxy groups -OCH3 is 1. The van der Waals surface area contributed by atoms with E-state index in [1.807, 2.05) is 24.3 Å². The topological polar surface area (TPSA) is 119 Å². The van der Waals surface area contributed by atoms with E-state index in [0.29, 0.717) is 33.9 Å². The van der Waals surface area contributed by atoms with Gasteiger partial charge >= 0.3 is 0 Å². The summed E-state index contributed by atoms with van der Waals surface area (Å²) < 4.78 is 8.46. The summed E-state index contributed by atoms with van der Waals surface area (Å²) in [7, 11) is 1.60. The van der Waals surface area contributed by atoms with Gasteiger partial charge in [0, 0.05) is 11.8 Å². The second-order valence-corrected chi connectivity index (χ2v) is 6.69. The number of benzene rings is 1.